The molecule has 2 amide bonds. The largest absolute Gasteiger partial charge is 0.385 e. The highest BCUT2D eigenvalue weighted by molar-refractivity contribution is 6.04. The van der Waals surface area contributed by atoms with Crippen LogP contribution in [0.25, 0.3) is 11.2 Å². The predicted molar refractivity (Wildman–Crippen MR) is 132 cm³/mol. The average Bonchev–Trinajstić information content (AvgIpc) is 3.19. The monoisotopic (exact) mass is 474 g/mol. The van der Waals surface area contributed by atoms with Crippen LogP contribution in [-0.2, 0) is 11.3 Å². The Balaban J connectivity index is 1.64. The molecule has 9 nitrogen and oxygen atoms in total. The molecular weight excluding hydrogens is 444 g/mol. The van der Waals surface area contributed by atoms with Gasteiger partial charge < -0.3 is 9.64 Å². The minimum atomic E-state index is -0.378. The summed E-state index contributed by atoms with van der Waals surface area (Å²) in [6, 6.07) is 10.3. The van der Waals surface area contributed by atoms with E-state index < -0.39 is 0 Å². The minimum absolute atomic E-state index is 0.0555. The number of hydrogen-bond donors (Lipinski definition) is 1. The number of rotatable bonds is 7. The summed E-state index contributed by atoms with van der Waals surface area (Å²) < 4.78 is 7.00. The van der Waals surface area contributed by atoms with E-state index in [4.69, 9.17) is 10.00 Å². The molecule has 4 rings (SSSR count). The lowest BCUT2D eigenvalue weighted by Gasteiger charge is -2.38. The standard InChI is InChI=1S/C26H30N6O3/c1-26(2)9-5-10-31(17-26)24(34)20-14-21-22(28-16-20)32(11-6-12-35-3)25(29-21)30-23(33)19-8-4-7-18(13-19)15-27/h4,7-8,13-14,16H,5-6,9-12,17H2,1-3H3,(H,29,30,33). The maximum Gasteiger partial charge on any atom is 0.258 e. The second-order valence-electron chi connectivity index (χ2n) is 9.64. The number of carbonyl (C=O) groups is 2. The number of aryl methyl sites for hydroxylation is 1. The molecule has 1 aliphatic rings. The first kappa shape index (κ1) is 24.4. The number of benzene rings is 1. The Kier molecular flexibility index (Phi) is 7.12. The number of nitrogens with zero attached hydrogens (tertiary/aromatic N) is 5. The molecule has 0 atom stereocenters. The van der Waals surface area contributed by atoms with Crippen LogP contribution in [0.3, 0.4) is 0 Å². The SMILES string of the molecule is COCCCn1c(NC(=O)c2cccc(C#N)c2)nc2cc(C(=O)N3CCCC(C)(C)C3)cnc21. The van der Waals surface area contributed by atoms with Gasteiger partial charge in [0.05, 0.1) is 17.2 Å². The number of ether oxygens (including phenoxy) is 1. The summed E-state index contributed by atoms with van der Waals surface area (Å²) in [5.74, 6) is -0.100. The fraction of sp³-hybridized carbons (Fsp3) is 0.423. The fourth-order valence-electron chi connectivity index (χ4n) is 4.49. The Morgan fingerprint density at radius 2 is 2.09 bits per heavy atom. The number of amides is 2. The molecule has 1 aromatic carbocycles. The van der Waals surface area contributed by atoms with Crippen molar-refractivity contribution in [3.05, 3.63) is 53.2 Å². The van der Waals surface area contributed by atoms with E-state index >= 15 is 0 Å². The van der Waals surface area contributed by atoms with E-state index in [9.17, 15) is 9.59 Å². The number of nitrogens with one attached hydrogen (secondary N) is 1. The number of likely N-dealkylation sites (tertiary alicyclic amines) is 1. The summed E-state index contributed by atoms with van der Waals surface area (Å²) in [6.45, 7) is 6.86. The quantitative estimate of drug-likeness (QED) is 0.521. The van der Waals surface area contributed by atoms with Crippen LogP contribution >= 0.6 is 0 Å². The van der Waals surface area contributed by atoms with E-state index in [-0.39, 0.29) is 17.2 Å². The number of nitriles is 1. The van der Waals surface area contributed by atoms with Crippen LogP contribution < -0.4 is 5.32 Å². The van der Waals surface area contributed by atoms with Crippen molar-refractivity contribution in [2.24, 2.45) is 5.41 Å². The molecule has 0 radical (unpaired) electrons. The first-order valence-corrected chi connectivity index (χ1v) is 11.8. The summed E-state index contributed by atoms with van der Waals surface area (Å²) in [6.07, 6.45) is 4.36. The second kappa shape index (κ2) is 10.2. The highest BCUT2D eigenvalue weighted by atomic mass is 16.5. The van der Waals surface area contributed by atoms with Gasteiger partial charge in [0.1, 0.15) is 5.52 Å². The fourth-order valence-corrected chi connectivity index (χ4v) is 4.49. The minimum Gasteiger partial charge on any atom is -0.385 e. The highest BCUT2D eigenvalue weighted by Gasteiger charge is 2.30. The van der Waals surface area contributed by atoms with Gasteiger partial charge in [-0.15, -0.1) is 0 Å². The van der Waals surface area contributed by atoms with Crippen molar-refractivity contribution in [1.82, 2.24) is 19.4 Å². The zero-order valence-corrected chi connectivity index (χ0v) is 20.4. The smallest absolute Gasteiger partial charge is 0.258 e. The third kappa shape index (κ3) is 5.49. The van der Waals surface area contributed by atoms with Crippen LogP contribution in [0.15, 0.2) is 36.5 Å². The van der Waals surface area contributed by atoms with Crippen LogP contribution in [-0.4, -0.2) is 58.1 Å². The van der Waals surface area contributed by atoms with Crippen LogP contribution in [0.4, 0.5) is 5.95 Å². The Morgan fingerprint density at radius 1 is 1.26 bits per heavy atom. The van der Waals surface area contributed by atoms with E-state index in [2.05, 4.69) is 29.1 Å². The molecule has 1 saturated heterocycles. The average molecular weight is 475 g/mol. The van der Waals surface area contributed by atoms with E-state index in [0.29, 0.717) is 59.9 Å². The molecule has 0 unspecified atom stereocenters. The molecule has 0 saturated carbocycles. The maximum absolute atomic E-state index is 13.2. The number of pyridine rings is 1. The molecule has 2 aromatic heterocycles. The van der Waals surface area contributed by atoms with Crippen molar-refractivity contribution < 1.29 is 14.3 Å². The molecule has 1 aliphatic heterocycles. The highest BCUT2D eigenvalue weighted by Crippen LogP contribution is 2.29. The summed E-state index contributed by atoms with van der Waals surface area (Å²) >= 11 is 0. The Bertz CT molecular complexity index is 1290. The third-order valence-electron chi connectivity index (χ3n) is 6.23. The van der Waals surface area contributed by atoms with Gasteiger partial charge in [0.15, 0.2) is 5.65 Å². The van der Waals surface area contributed by atoms with Crippen molar-refractivity contribution in [2.45, 2.75) is 39.7 Å². The zero-order valence-electron chi connectivity index (χ0n) is 20.4. The number of carbonyl (C=O) groups excluding carboxylic acids is 2. The lowest BCUT2D eigenvalue weighted by atomic mass is 9.84. The molecule has 35 heavy (non-hydrogen) atoms. The van der Waals surface area contributed by atoms with E-state index in [1.807, 2.05) is 15.5 Å². The predicted octanol–water partition coefficient (Wildman–Crippen LogP) is 3.85. The molecule has 0 aliphatic carbocycles. The van der Waals surface area contributed by atoms with Crippen molar-refractivity contribution in [2.75, 3.05) is 32.1 Å². The molecular formula is C26H30N6O3. The number of imidazole rings is 1. The molecule has 3 aromatic rings. The number of aromatic nitrogens is 3. The Morgan fingerprint density at radius 3 is 2.83 bits per heavy atom. The van der Waals surface area contributed by atoms with Gasteiger partial charge in [-0.2, -0.15) is 5.26 Å². The van der Waals surface area contributed by atoms with Crippen LogP contribution in [0.5, 0.6) is 0 Å². The van der Waals surface area contributed by atoms with Crippen LogP contribution in [0.1, 0.15) is 59.4 Å². The van der Waals surface area contributed by atoms with Gasteiger partial charge >= 0.3 is 0 Å². The molecule has 182 valence electrons. The molecule has 3 heterocycles. The van der Waals surface area contributed by atoms with E-state index in [1.165, 1.54) is 6.07 Å². The molecule has 0 spiro atoms. The van der Waals surface area contributed by atoms with Crippen molar-refractivity contribution in [3.8, 4) is 6.07 Å². The zero-order chi connectivity index (χ0) is 25.0. The lowest BCUT2D eigenvalue weighted by molar-refractivity contribution is 0.0583. The van der Waals surface area contributed by atoms with Crippen molar-refractivity contribution in [1.29, 1.82) is 5.26 Å². The number of piperidine rings is 1. The van der Waals surface area contributed by atoms with Gasteiger partial charge in [-0.25, -0.2) is 9.97 Å². The van der Waals surface area contributed by atoms with Crippen molar-refractivity contribution >= 4 is 28.9 Å². The Labute approximate surface area is 204 Å². The molecule has 0 bridgehead atoms. The van der Waals surface area contributed by atoms with Crippen LogP contribution in [0, 0.1) is 16.7 Å². The number of hydrogen-bond acceptors (Lipinski definition) is 6. The number of anilines is 1. The summed E-state index contributed by atoms with van der Waals surface area (Å²) in [4.78, 5) is 37.1. The van der Waals surface area contributed by atoms with Gasteiger partial charge in [0.2, 0.25) is 5.95 Å². The lowest BCUT2D eigenvalue weighted by Crippen LogP contribution is -2.43. The van der Waals surface area contributed by atoms with E-state index in [0.717, 1.165) is 19.4 Å². The Hall–Kier alpha value is -3.77. The summed E-state index contributed by atoms with van der Waals surface area (Å²) in [7, 11) is 1.63. The summed E-state index contributed by atoms with van der Waals surface area (Å²) in [5, 5.41) is 12.0. The first-order chi connectivity index (χ1) is 16.8. The number of methoxy groups -OCH3 is 1. The van der Waals surface area contributed by atoms with E-state index in [1.54, 1.807) is 37.6 Å². The van der Waals surface area contributed by atoms with Gasteiger partial charge in [-0.05, 0) is 48.9 Å². The molecule has 1 N–H and O–H groups in total. The maximum atomic E-state index is 13.2. The van der Waals surface area contributed by atoms with Crippen LogP contribution in [0.2, 0.25) is 0 Å². The number of fused-ring (bicyclic) bond motifs is 1. The molecule has 1 fully saturated rings. The van der Waals surface area contributed by atoms with Crippen molar-refractivity contribution in [3.63, 3.8) is 0 Å². The summed E-state index contributed by atoms with van der Waals surface area (Å²) in [5.41, 5.74) is 2.45. The second-order valence-corrected chi connectivity index (χ2v) is 9.64. The topological polar surface area (TPSA) is 113 Å². The molecule has 9 heteroatoms. The van der Waals surface area contributed by atoms with Gasteiger partial charge in [-0.3, -0.25) is 19.5 Å². The first-order valence-electron chi connectivity index (χ1n) is 11.8. The normalized spacial score (nSPS) is 15.1. The van der Waals surface area contributed by atoms with Gasteiger partial charge in [-0.1, -0.05) is 19.9 Å². The van der Waals surface area contributed by atoms with Gasteiger partial charge in [0, 0.05) is 45.1 Å². The third-order valence-corrected chi connectivity index (χ3v) is 6.23. The van der Waals surface area contributed by atoms with Gasteiger partial charge in [0.25, 0.3) is 11.8 Å².